The van der Waals surface area contributed by atoms with Crippen LogP contribution in [0.4, 0.5) is 5.82 Å². The highest BCUT2D eigenvalue weighted by molar-refractivity contribution is 5.91. The Morgan fingerprint density at radius 3 is 2.88 bits per heavy atom. The van der Waals surface area contributed by atoms with E-state index < -0.39 is 5.91 Å². The highest BCUT2D eigenvalue weighted by Crippen LogP contribution is 2.20. The average molecular weight is 234 g/mol. The van der Waals surface area contributed by atoms with E-state index in [1.54, 1.807) is 12.1 Å². The molecule has 0 aromatic carbocycles. The quantitative estimate of drug-likeness (QED) is 0.773. The molecule has 92 valence electrons. The third kappa shape index (κ3) is 2.74. The van der Waals surface area contributed by atoms with Crippen LogP contribution in [0, 0.1) is 5.92 Å². The number of aromatic nitrogens is 1. The number of nitrogens with two attached hydrogens (primary N) is 2. The summed E-state index contributed by atoms with van der Waals surface area (Å²) in [5.41, 5.74) is 11.5. The van der Waals surface area contributed by atoms with Crippen LogP contribution >= 0.6 is 0 Å². The summed E-state index contributed by atoms with van der Waals surface area (Å²) >= 11 is 0. The van der Waals surface area contributed by atoms with Crippen LogP contribution in [0.1, 0.15) is 23.8 Å². The molecule has 1 amide bonds. The molecule has 0 spiro atoms. The van der Waals surface area contributed by atoms with Crippen molar-refractivity contribution in [1.82, 2.24) is 4.98 Å². The van der Waals surface area contributed by atoms with Gasteiger partial charge in [0.1, 0.15) is 11.5 Å². The van der Waals surface area contributed by atoms with Crippen molar-refractivity contribution in [3.05, 3.63) is 23.9 Å². The van der Waals surface area contributed by atoms with E-state index in [1.807, 2.05) is 6.07 Å². The number of anilines is 1. The van der Waals surface area contributed by atoms with E-state index in [2.05, 4.69) is 16.8 Å². The summed E-state index contributed by atoms with van der Waals surface area (Å²) in [7, 11) is 0. The normalized spacial score (nSPS) is 24.7. The predicted molar refractivity (Wildman–Crippen MR) is 66.7 cm³/mol. The molecule has 1 aliphatic rings. The van der Waals surface area contributed by atoms with Crippen molar-refractivity contribution < 1.29 is 4.79 Å². The van der Waals surface area contributed by atoms with E-state index in [9.17, 15) is 4.79 Å². The lowest BCUT2D eigenvalue weighted by Gasteiger charge is -2.35. The summed E-state index contributed by atoms with van der Waals surface area (Å²) in [5, 5.41) is 0. The zero-order valence-electron chi connectivity index (χ0n) is 9.97. The van der Waals surface area contributed by atoms with Gasteiger partial charge in [0.25, 0.3) is 5.91 Å². The van der Waals surface area contributed by atoms with Gasteiger partial charge in [-0.3, -0.25) is 4.79 Å². The van der Waals surface area contributed by atoms with Gasteiger partial charge in [-0.1, -0.05) is 13.0 Å². The molecule has 17 heavy (non-hydrogen) atoms. The van der Waals surface area contributed by atoms with Crippen LogP contribution < -0.4 is 16.4 Å². The molecule has 1 fully saturated rings. The number of carbonyl (C=O) groups is 1. The molecule has 5 nitrogen and oxygen atoms in total. The summed E-state index contributed by atoms with van der Waals surface area (Å²) in [6.07, 6.45) is 1.03. The van der Waals surface area contributed by atoms with Gasteiger partial charge in [0.05, 0.1) is 0 Å². The zero-order valence-corrected chi connectivity index (χ0v) is 9.97. The van der Waals surface area contributed by atoms with Gasteiger partial charge in [-0.25, -0.2) is 4.98 Å². The fraction of sp³-hybridized carbons (Fsp3) is 0.500. The van der Waals surface area contributed by atoms with Crippen molar-refractivity contribution in [3.63, 3.8) is 0 Å². The van der Waals surface area contributed by atoms with Gasteiger partial charge in [-0.05, 0) is 24.5 Å². The Bertz CT molecular complexity index is 411. The number of hydrogen-bond donors (Lipinski definition) is 2. The maximum Gasteiger partial charge on any atom is 0.267 e. The highest BCUT2D eigenvalue weighted by atomic mass is 16.1. The number of nitrogens with zero attached hydrogens (tertiary/aromatic N) is 2. The van der Waals surface area contributed by atoms with Gasteiger partial charge in [-0.2, -0.15) is 0 Å². The van der Waals surface area contributed by atoms with Crippen molar-refractivity contribution in [2.75, 3.05) is 18.0 Å². The second kappa shape index (κ2) is 4.71. The molecular formula is C12H18N4O. The topological polar surface area (TPSA) is 85.2 Å². The van der Waals surface area contributed by atoms with E-state index in [1.165, 1.54) is 0 Å². The molecule has 5 heteroatoms. The Morgan fingerprint density at radius 1 is 1.47 bits per heavy atom. The Labute approximate surface area is 101 Å². The number of piperidine rings is 1. The average Bonchev–Trinajstić information content (AvgIpc) is 2.28. The maximum atomic E-state index is 11.1. The van der Waals surface area contributed by atoms with E-state index in [4.69, 9.17) is 11.5 Å². The van der Waals surface area contributed by atoms with Gasteiger partial charge in [-0.15, -0.1) is 0 Å². The van der Waals surface area contributed by atoms with Crippen LogP contribution in [0.5, 0.6) is 0 Å². The summed E-state index contributed by atoms with van der Waals surface area (Å²) in [6.45, 7) is 3.87. The lowest BCUT2D eigenvalue weighted by Crippen LogP contribution is -2.46. The molecule has 0 bridgehead atoms. The summed E-state index contributed by atoms with van der Waals surface area (Å²) in [6, 6.07) is 5.47. The third-order valence-electron chi connectivity index (χ3n) is 3.00. The Balaban J connectivity index is 2.21. The van der Waals surface area contributed by atoms with E-state index >= 15 is 0 Å². The van der Waals surface area contributed by atoms with Crippen LogP contribution in [0.15, 0.2) is 18.2 Å². The van der Waals surface area contributed by atoms with Gasteiger partial charge in [0, 0.05) is 19.1 Å². The monoisotopic (exact) mass is 234 g/mol. The second-order valence-corrected chi connectivity index (χ2v) is 4.75. The molecule has 2 atom stereocenters. The molecule has 2 rings (SSSR count). The van der Waals surface area contributed by atoms with Crippen LogP contribution in [-0.2, 0) is 0 Å². The molecule has 1 aromatic rings. The van der Waals surface area contributed by atoms with Crippen molar-refractivity contribution in [3.8, 4) is 0 Å². The molecule has 1 aliphatic heterocycles. The molecule has 2 heterocycles. The predicted octanol–water partition coefficient (Wildman–Crippen LogP) is 0.354. The minimum atomic E-state index is -0.499. The minimum absolute atomic E-state index is 0.165. The Morgan fingerprint density at radius 2 is 2.24 bits per heavy atom. The van der Waals surface area contributed by atoms with Crippen molar-refractivity contribution in [2.45, 2.75) is 19.4 Å². The SMILES string of the molecule is CC1CC(N)CN(c2cccc(C(N)=O)n2)C1. The molecule has 1 aromatic heterocycles. The lowest BCUT2D eigenvalue weighted by molar-refractivity contribution is 0.0995. The first-order chi connectivity index (χ1) is 8.06. The standard InChI is InChI=1S/C12H18N4O/c1-8-5-9(13)7-16(6-8)11-4-2-3-10(15-11)12(14)17/h2-4,8-9H,5-7,13H2,1H3,(H2,14,17). The fourth-order valence-electron chi connectivity index (χ4n) is 2.32. The number of carbonyl (C=O) groups excluding carboxylic acids is 1. The van der Waals surface area contributed by atoms with Gasteiger partial charge >= 0.3 is 0 Å². The first-order valence-electron chi connectivity index (χ1n) is 5.83. The molecule has 2 unspecified atom stereocenters. The van der Waals surface area contributed by atoms with Gasteiger partial charge in [0.2, 0.25) is 0 Å². The fourth-order valence-corrected chi connectivity index (χ4v) is 2.32. The van der Waals surface area contributed by atoms with E-state index in [-0.39, 0.29) is 6.04 Å². The van der Waals surface area contributed by atoms with Crippen molar-refractivity contribution >= 4 is 11.7 Å². The smallest absolute Gasteiger partial charge is 0.267 e. The number of pyridine rings is 1. The lowest BCUT2D eigenvalue weighted by atomic mass is 9.96. The summed E-state index contributed by atoms with van der Waals surface area (Å²) in [5.74, 6) is 0.822. The van der Waals surface area contributed by atoms with E-state index in [0.717, 1.165) is 25.3 Å². The van der Waals surface area contributed by atoms with Crippen molar-refractivity contribution in [2.24, 2.45) is 17.4 Å². The van der Waals surface area contributed by atoms with Gasteiger partial charge in [0.15, 0.2) is 0 Å². The van der Waals surface area contributed by atoms with Gasteiger partial charge < -0.3 is 16.4 Å². The van der Waals surface area contributed by atoms with Crippen LogP contribution in [0.3, 0.4) is 0 Å². The molecule has 0 aliphatic carbocycles. The molecule has 4 N–H and O–H groups in total. The Hall–Kier alpha value is -1.62. The first-order valence-corrected chi connectivity index (χ1v) is 5.83. The second-order valence-electron chi connectivity index (χ2n) is 4.75. The molecule has 0 saturated carbocycles. The molecular weight excluding hydrogens is 216 g/mol. The number of amides is 1. The Kier molecular flexibility index (Phi) is 3.28. The minimum Gasteiger partial charge on any atom is -0.364 e. The third-order valence-corrected chi connectivity index (χ3v) is 3.00. The largest absolute Gasteiger partial charge is 0.364 e. The number of primary amides is 1. The summed E-state index contributed by atoms with van der Waals surface area (Å²) in [4.78, 5) is 17.5. The van der Waals surface area contributed by atoms with Crippen LogP contribution in [0.25, 0.3) is 0 Å². The maximum absolute atomic E-state index is 11.1. The molecule has 0 radical (unpaired) electrons. The van der Waals surface area contributed by atoms with Crippen molar-refractivity contribution in [1.29, 1.82) is 0 Å². The molecule has 1 saturated heterocycles. The first kappa shape index (κ1) is 11.9. The van der Waals surface area contributed by atoms with Crippen LogP contribution in [0.2, 0.25) is 0 Å². The number of hydrogen-bond acceptors (Lipinski definition) is 4. The zero-order chi connectivity index (χ0) is 12.4. The van der Waals surface area contributed by atoms with Crippen LogP contribution in [-0.4, -0.2) is 30.0 Å². The summed E-state index contributed by atoms with van der Waals surface area (Å²) < 4.78 is 0. The number of rotatable bonds is 2. The highest BCUT2D eigenvalue weighted by Gasteiger charge is 2.23. The van der Waals surface area contributed by atoms with E-state index in [0.29, 0.717) is 11.6 Å².